The quantitative estimate of drug-likeness (QED) is 0.215. The molecule has 0 aliphatic heterocycles. The van der Waals surface area contributed by atoms with Crippen LogP contribution in [0.4, 0.5) is 22.6 Å². The van der Waals surface area contributed by atoms with E-state index in [-0.39, 0.29) is 23.0 Å². The molecule has 198 valence electrons. The molecule has 0 unspecified atom stereocenters. The van der Waals surface area contributed by atoms with E-state index in [9.17, 15) is 27.2 Å². The number of hydrogen-bond acceptors (Lipinski definition) is 6. The molecular formula is C26H25F4NO5S. The molecule has 1 aromatic carbocycles. The first-order chi connectivity index (χ1) is 17.4. The van der Waals surface area contributed by atoms with Gasteiger partial charge >= 0.3 is 5.97 Å². The van der Waals surface area contributed by atoms with Gasteiger partial charge in [0.05, 0.1) is 12.7 Å². The van der Waals surface area contributed by atoms with E-state index in [0.717, 1.165) is 23.3 Å². The zero-order valence-corrected chi connectivity index (χ0v) is 21.4. The number of benzene rings is 1. The van der Waals surface area contributed by atoms with E-state index in [0.29, 0.717) is 22.9 Å². The van der Waals surface area contributed by atoms with E-state index in [1.165, 1.54) is 30.6 Å². The Bertz CT molecular complexity index is 1330. The zero-order valence-electron chi connectivity index (χ0n) is 20.6. The van der Waals surface area contributed by atoms with Crippen LogP contribution in [0.25, 0.3) is 0 Å². The van der Waals surface area contributed by atoms with Crippen LogP contribution in [-0.2, 0) is 24.2 Å². The number of amides is 1. The molecule has 11 heteroatoms. The minimum Gasteiger partial charge on any atom is -0.479 e. The molecule has 0 radical (unpaired) electrons. The number of fused-ring (bicyclic) bond motifs is 1. The van der Waals surface area contributed by atoms with Crippen LogP contribution in [0.1, 0.15) is 64.3 Å². The van der Waals surface area contributed by atoms with Crippen molar-refractivity contribution >= 4 is 28.2 Å². The number of furan rings is 1. The summed E-state index contributed by atoms with van der Waals surface area (Å²) in [5.41, 5.74) is 1.27. The number of carbonyl (C=O) groups is 2. The van der Waals surface area contributed by atoms with Crippen molar-refractivity contribution in [1.29, 1.82) is 0 Å². The van der Waals surface area contributed by atoms with Crippen LogP contribution in [0.2, 0.25) is 0 Å². The average Bonchev–Trinajstić information content (AvgIpc) is 3.46. The number of hydrogen-bond donors (Lipinski definition) is 1. The fourth-order valence-electron chi connectivity index (χ4n) is 4.29. The predicted octanol–water partition coefficient (Wildman–Crippen LogP) is 6.67. The van der Waals surface area contributed by atoms with Gasteiger partial charge in [0, 0.05) is 10.9 Å². The van der Waals surface area contributed by atoms with Crippen LogP contribution in [0.15, 0.2) is 22.6 Å². The largest absolute Gasteiger partial charge is 0.479 e. The van der Waals surface area contributed by atoms with Gasteiger partial charge in [-0.05, 0) is 48.3 Å². The van der Waals surface area contributed by atoms with Crippen molar-refractivity contribution < 1.29 is 41.0 Å². The van der Waals surface area contributed by atoms with E-state index in [2.05, 4.69) is 26.1 Å². The third kappa shape index (κ3) is 5.36. The van der Waals surface area contributed by atoms with Gasteiger partial charge in [0.2, 0.25) is 11.6 Å². The lowest BCUT2D eigenvalue weighted by Gasteiger charge is -2.33. The van der Waals surface area contributed by atoms with E-state index in [1.54, 1.807) is 0 Å². The van der Waals surface area contributed by atoms with Crippen molar-refractivity contribution in [1.82, 2.24) is 0 Å². The zero-order chi connectivity index (χ0) is 27.1. The topological polar surface area (TPSA) is 77.8 Å². The lowest BCUT2D eigenvalue weighted by atomic mass is 9.72. The van der Waals surface area contributed by atoms with Gasteiger partial charge in [0.25, 0.3) is 5.91 Å². The Morgan fingerprint density at radius 1 is 1.14 bits per heavy atom. The highest BCUT2D eigenvalue weighted by Gasteiger charge is 2.34. The van der Waals surface area contributed by atoms with Gasteiger partial charge in [-0.25, -0.2) is 13.6 Å². The van der Waals surface area contributed by atoms with Crippen molar-refractivity contribution in [3.63, 3.8) is 0 Å². The molecule has 37 heavy (non-hydrogen) atoms. The SMILES string of the molecule is COC(=O)c1c(NC(=O)c2ccc(COc3c(F)c(F)cc(F)c3F)o2)sc2c1CC[C@H](C(C)(C)C)C2. The van der Waals surface area contributed by atoms with Gasteiger partial charge in [-0.1, -0.05) is 20.8 Å². The molecular weight excluding hydrogens is 514 g/mol. The van der Waals surface area contributed by atoms with Crippen LogP contribution in [0.5, 0.6) is 5.75 Å². The first-order valence-corrected chi connectivity index (χ1v) is 12.3. The Labute approximate surface area is 214 Å². The highest BCUT2D eigenvalue weighted by Crippen LogP contribution is 2.44. The maximum absolute atomic E-state index is 13.8. The monoisotopic (exact) mass is 539 g/mol. The second kappa shape index (κ2) is 10.2. The molecule has 0 fully saturated rings. The van der Waals surface area contributed by atoms with Crippen LogP contribution in [-0.4, -0.2) is 19.0 Å². The number of ether oxygens (including phenoxy) is 2. The first kappa shape index (κ1) is 26.7. The lowest BCUT2D eigenvalue weighted by molar-refractivity contribution is 0.0600. The van der Waals surface area contributed by atoms with Crippen molar-refractivity contribution in [2.24, 2.45) is 11.3 Å². The summed E-state index contributed by atoms with van der Waals surface area (Å²) in [5.74, 6) is -8.83. The highest BCUT2D eigenvalue weighted by atomic mass is 32.1. The fraction of sp³-hybridized carbons (Fsp3) is 0.385. The summed E-state index contributed by atoms with van der Waals surface area (Å²) in [6.45, 7) is 5.92. The summed E-state index contributed by atoms with van der Waals surface area (Å²) in [6, 6.07) is 2.68. The summed E-state index contributed by atoms with van der Waals surface area (Å²) in [4.78, 5) is 26.5. The smallest absolute Gasteiger partial charge is 0.341 e. The number of thiophene rings is 1. The Kier molecular flexibility index (Phi) is 7.36. The molecule has 1 atom stereocenters. The van der Waals surface area contributed by atoms with Gasteiger partial charge in [0.15, 0.2) is 23.1 Å². The van der Waals surface area contributed by atoms with Crippen LogP contribution >= 0.6 is 11.3 Å². The van der Waals surface area contributed by atoms with Crippen LogP contribution in [0, 0.1) is 34.6 Å². The van der Waals surface area contributed by atoms with Gasteiger partial charge in [0.1, 0.15) is 17.4 Å². The summed E-state index contributed by atoms with van der Waals surface area (Å²) < 4.78 is 69.6. The molecule has 1 aliphatic rings. The third-order valence-electron chi connectivity index (χ3n) is 6.42. The summed E-state index contributed by atoms with van der Waals surface area (Å²) in [7, 11) is 1.27. The van der Waals surface area contributed by atoms with Crippen molar-refractivity contribution in [2.75, 3.05) is 12.4 Å². The lowest BCUT2D eigenvalue weighted by Crippen LogP contribution is -2.26. The van der Waals surface area contributed by atoms with Crippen LogP contribution < -0.4 is 10.1 Å². The standard InChI is InChI=1S/C26H25F4NO5S/c1-26(2,3)12-5-7-14-18(9-12)37-24(19(14)25(33)34-4)31-23(32)17-8-6-13(36-17)11-35-22-20(29)15(27)10-16(28)21(22)30/h6,8,10,12H,5,7,9,11H2,1-4H3,(H,31,32)/t12-/m0/s1. The Morgan fingerprint density at radius 3 is 2.43 bits per heavy atom. The third-order valence-corrected chi connectivity index (χ3v) is 7.59. The highest BCUT2D eigenvalue weighted by molar-refractivity contribution is 7.17. The molecule has 2 aromatic heterocycles. The molecule has 2 heterocycles. The summed E-state index contributed by atoms with van der Waals surface area (Å²) in [6.07, 6.45) is 2.37. The van der Waals surface area contributed by atoms with Crippen molar-refractivity contribution in [2.45, 2.75) is 46.6 Å². The molecule has 0 bridgehead atoms. The molecule has 3 aromatic rings. The van der Waals surface area contributed by atoms with Crippen LogP contribution in [0.3, 0.4) is 0 Å². The molecule has 1 amide bonds. The number of carbonyl (C=O) groups excluding carboxylic acids is 2. The Balaban J connectivity index is 1.51. The summed E-state index contributed by atoms with van der Waals surface area (Å²) in [5, 5.41) is 3.04. The van der Waals surface area contributed by atoms with E-state index < -0.39 is 47.5 Å². The second-order valence-corrected chi connectivity index (χ2v) is 10.9. The predicted molar refractivity (Wildman–Crippen MR) is 128 cm³/mol. The number of nitrogens with one attached hydrogen (secondary N) is 1. The van der Waals surface area contributed by atoms with Gasteiger partial charge in [-0.2, -0.15) is 8.78 Å². The minimum atomic E-state index is -1.69. The van der Waals surface area contributed by atoms with Crippen molar-refractivity contribution in [3.05, 3.63) is 69.0 Å². The maximum Gasteiger partial charge on any atom is 0.341 e. The van der Waals surface area contributed by atoms with E-state index in [1.807, 2.05) is 0 Å². The molecule has 0 spiro atoms. The Morgan fingerprint density at radius 2 is 1.81 bits per heavy atom. The first-order valence-electron chi connectivity index (χ1n) is 11.5. The van der Waals surface area contributed by atoms with Gasteiger partial charge in [-0.3, -0.25) is 4.79 Å². The number of rotatable bonds is 6. The molecule has 0 saturated heterocycles. The minimum absolute atomic E-state index is 0.0275. The number of methoxy groups -OCH3 is 1. The molecule has 1 aliphatic carbocycles. The van der Waals surface area contributed by atoms with Gasteiger partial charge < -0.3 is 19.2 Å². The number of anilines is 1. The van der Waals surface area contributed by atoms with Gasteiger partial charge in [-0.15, -0.1) is 11.3 Å². The van der Waals surface area contributed by atoms with E-state index in [4.69, 9.17) is 13.9 Å². The average molecular weight is 540 g/mol. The molecule has 1 N–H and O–H groups in total. The maximum atomic E-state index is 13.8. The fourth-order valence-corrected chi connectivity index (χ4v) is 5.61. The normalized spacial score (nSPS) is 15.3. The Hall–Kier alpha value is -3.34. The van der Waals surface area contributed by atoms with Crippen molar-refractivity contribution in [3.8, 4) is 5.75 Å². The number of esters is 1. The van der Waals surface area contributed by atoms with E-state index >= 15 is 0 Å². The number of halogens is 4. The summed E-state index contributed by atoms with van der Waals surface area (Å²) >= 11 is 1.32. The molecule has 0 saturated carbocycles. The molecule has 6 nitrogen and oxygen atoms in total. The molecule has 4 rings (SSSR count). The second-order valence-electron chi connectivity index (χ2n) is 9.81.